The zero-order valence-corrected chi connectivity index (χ0v) is 32.3. The highest BCUT2D eigenvalue weighted by molar-refractivity contribution is 6.09. The van der Waals surface area contributed by atoms with Crippen LogP contribution in [0.25, 0.3) is 106 Å². The van der Waals surface area contributed by atoms with Gasteiger partial charge < -0.3 is 4.57 Å². The Balaban J connectivity index is 1.06. The Morgan fingerprint density at radius 2 is 1.10 bits per heavy atom. The number of hydrogen-bond donors (Lipinski definition) is 0. The van der Waals surface area contributed by atoms with Crippen LogP contribution in [0.15, 0.2) is 176 Å². The van der Waals surface area contributed by atoms with Gasteiger partial charge in [-0.1, -0.05) is 146 Å². The van der Waals surface area contributed by atoms with Crippen LogP contribution in [0.1, 0.15) is 35.9 Å². The Morgan fingerprint density at radius 1 is 0.492 bits per heavy atom. The minimum atomic E-state index is 0.0851. The van der Waals surface area contributed by atoms with E-state index in [2.05, 4.69) is 193 Å². The maximum Gasteiger partial charge on any atom is 0.160 e. The van der Waals surface area contributed by atoms with Crippen molar-refractivity contribution in [3.05, 3.63) is 198 Å². The van der Waals surface area contributed by atoms with Crippen molar-refractivity contribution >= 4 is 72.0 Å². The summed E-state index contributed by atoms with van der Waals surface area (Å²) in [5, 5.41) is 11.4. The van der Waals surface area contributed by atoms with Crippen molar-refractivity contribution < 1.29 is 0 Å². The molecule has 0 fully saturated rings. The van der Waals surface area contributed by atoms with Crippen molar-refractivity contribution in [2.45, 2.75) is 24.8 Å². The first-order chi connectivity index (χ1) is 29.2. The standard InChI is InChI=1S/C56H37N3/c1-3-13-36-29-41(23-21-34(36)11-1)53-43-16-6-7-17-44(43)54(42-24-22-35-12-2-4-14-37(35)30-42)47-32-38(25-27-45(47)53)39-26-28-51-46(31-39)48-33-40-15-5-8-18-49(40)57-55(48)56-58-50-19-9-10-20-52(50)59(51)56/h1-5,8-33,46,51H,6-7H2. The SMILES string of the molecule is C1=CC2C(C=C1c1ccc3c(-c4ccc5ccccc5c4)c4c(c(-c5ccc6ccccc6c5)c3c1)=CCCC=4)c1cc3ccccc3nc1-c1nc3ccccc3n12. The topological polar surface area (TPSA) is 30.7 Å². The van der Waals surface area contributed by atoms with Gasteiger partial charge in [-0.05, 0) is 137 Å². The molecule has 0 saturated heterocycles. The molecule has 0 bridgehead atoms. The van der Waals surface area contributed by atoms with Crippen molar-refractivity contribution in [2.24, 2.45) is 0 Å². The Kier molecular flexibility index (Phi) is 6.97. The van der Waals surface area contributed by atoms with E-state index in [9.17, 15) is 0 Å². The summed E-state index contributed by atoms with van der Waals surface area (Å²) in [5.41, 5.74) is 12.9. The van der Waals surface area contributed by atoms with Crippen molar-refractivity contribution in [3.8, 4) is 33.8 Å². The number of allylic oxidation sites excluding steroid dienone is 4. The first kappa shape index (κ1) is 32.7. The third kappa shape index (κ3) is 4.95. The fourth-order valence-corrected chi connectivity index (χ4v) is 10.4. The van der Waals surface area contributed by atoms with Crippen LogP contribution in [-0.4, -0.2) is 14.5 Å². The minimum Gasteiger partial charge on any atom is -0.315 e. The number of nitrogens with zero attached hydrogens (tertiary/aromatic N) is 3. The molecule has 2 unspecified atom stereocenters. The zero-order chi connectivity index (χ0) is 38.6. The number of imidazole rings is 1. The zero-order valence-electron chi connectivity index (χ0n) is 32.3. The lowest BCUT2D eigenvalue weighted by Crippen LogP contribution is -2.31. The molecule has 13 rings (SSSR count). The first-order valence-corrected chi connectivity index (χ1v) is 20.8. The maximum absolute atomic E-state index is 5.30. The molecule has 3 aliphatic rings. The van der Waals surface area contributed by atoms with E-state index < -0.39 is 0 Å². The molecular weight excluding hydrogens is 715 g/mol. The van der Waals surface area contributed by atoms with Crippen molar-refractivity contribution in [1.29, 1.82) is 0 Å². The van der Waals surface area contributed by atoms with Crippen LogP contribution in [0.3, 0.4) is 0 Å². The fourth-order valence-electron chi connectivity index (χ4n) is 10.4. The Morgan fingerprint density at radius 3 is 1.83 bits per heavy atom. The number of para-hydroxylation sites is 3. The molecule has 10 aromatic rings. The molecule has 276 valence electrons. The Bertz CT molecular complexity index is 3640. The van der Waals surface area contributed by atoms with Crippen molar-refractivity contribution in [2.75, 3.05) is 0 Å². The van der Waals surface area contributed by atoms with Crippen molar-refractivity contribution in [1.82, 2.24) is 14.5 Å². The predicted molar refractivity (Wildman–Crippen MR) is 247 cm³/mol. The quantitative estimate of drug-likeness (QED) is 0.180. The fraction of sp³-hybridized carbons (Fsp3) is 0.0714. The highest BCUT2D eigenvalue weighted by Gasteiger charge is 2.36. The summed E-state index contributed by atoms with van der Waals surface area (Å²) in [6, 6.07) is 58.1. The summed E-state index contributed by atoms with van der Waals surface area (Å²) >= 11 is 0. The second-order valence-electron chi connectivity index (χ2n) is 16.4. The maximum atomic E-state index is 5.30. The van der Waals surface area contributed by atoms with Crippen LogP contribution in [0.4, 0.5) is 0 Å². The average Bonchev–Trinajstić information content (AvgIpc) is 3.70. The number of pyridine rings is 1. The summed E-state index contributed by atoms with van der Waals surface area (Å²) in [4.78, 5) is 10.5. The molecule has 3 nitrogen and oxygen atoms in total. The molecule has 0 radical (unpaired) electrons. The summed E-state index contributed by atoms with van der Waals surface area (Å²) in [5.74, 6) is 1.03. The van der Waals surface area contributed by atoms with E-state index in [0.717, 1.165) is 46.3 Å². The molecule has 0 saturated carbocycles. The van der Waals surface area contributed by atoms with E-state index in [1.54, 1.807) is 0 Å². The molecular formula is C56H37N3. The van der Waals surface area contributed by atoms with Gasteiger partial charge in [-0.15, -0.1) is 0 Å². The van der Waals surface area contributed by atoms with Crippen LogP contribution >= 0.6 is 0 Å². The molecule has 1 aliphatic heterocycles. The number of fused-ring (bicyclic) bond motifs is 13. The van der Waals surface area contributed by atoms with E-state index in [4.69, 9.17) is 9.97 Å². The molecule has 0 N–H and O–H groups in total. The van der Waals surface area contributed by atoms with Gasteiger partial charge in [0.1, 0.15) is 5.69 Å². The molecule has 3 heterocycles. The van der Waals surface area contributed by atoms with Gasteiger partial charge in [0.05, 0.1) is 22.6 Å². The molecule has 3 heteroatoms. The third-order valence-corrected chi connectivity index (χ3v) is 13.1. The average molecular weight is 752 g/mol. The number of rotatable bonds is 3. The Hall–Kier alpha value is -7.36. The molecule has 2 atom stereocenters. The largest absolute Gasteiger partial charge is 0.315 e. The van der Waals surface area contributed by atoms with Gasteiger partial charge in [0.2, 0.25) is 0 Å². The molecule has 0 spiro atoms. The summed E-state index contributed by atoms with van der Waals surface area (Å²) in [6.45, 7) is 0. The van der Waals surface area contributed by atoms with Crippen LogP contribution in [-0.2, 0) is 0 Å². The number of aromatic nitrogens is 3. The van der Waals surface area contributed by atoms with Crippen LogP contribution in [0.2, 0.25) is 0 Å². The summed E-state index contributed by atoms with van der Waals surface area (Å²) in [6.07, 6.45) is 14.3. The lowest BCUT2D eigenvalue weighted by Gasteiger charge is -2.34. The van der Waals surface area contributed by atoms with E-state index in [0.29, 0.717) is 0 Å². The predicted octanol–water partition coefficient (Wildman–Crippen LogP) is 12.7. The normalized spacial score (nSPS) is 16.6. The van der Waals surface area contributed by atoms with Gasteiger partial charge in [0.15, 0.2) is 5.82 Å². The van der Waals surface area contributed by atoms with Gasteiger partial charge in [-0.2, -0.15) is 0 Å². The Labute approximate surface area is 341 Å². The van der Waals surface area contributed by atoms with Crippen molar-refractivity contribution in [3.63, 3.8) is 0 Å². The summed E-state index contributed by atoms with van der Waals surface area (Å²) < 4.78 is 2.42. The highest BCUT2D eigenvalue weighted by atomic mass is 15.1. The number of benzene rings is 8. The van der Waals surface area contributed by atoms with Crippen LogP contribution < -0.4 is 10.4 Å². The lowest BCUT2D eigenvalue weighted by molar-refractivity contribution is 0.547. The highest BCUT2D eigenvalue weighted by Crippen LogP contribution is 2.49. The lowest BCUT2D eigenvalue weighted by atomic mass is 9.79. The number of hydrogen-bond acceptors (Lipinski definition) is 2. The molecule has 8 aromatic carbocycles. The molecule has 2 aliphatic carbocycles. The van der Waals surface area contributed by atoms with E-state index in [-0.39, 0.29) is 12.0 Å². The molecule has 59 heavy (non-hydrogen) atoms. The minimum absolute atomic E-state index is 0.0851. The van der Waals surface area contributed by atoms with E-state index in [1.807, 2.05) is 0 Å². The molecule has 0 amide bonds. The van der Waals surface area contributed by atoms with E-state index >= 15 is 0 Å². The first-order valence-electron chi connectivity index (χ1n) is 20.8. The van der Waals surface area contributed by atoms with Crippen LogP contribution in [0.5, 0.6) is 0 Å². The second-order valence-corrected chi connectivity index (χ2v) is 16.4. The van der Waals surface area contributed by atoms with Crippen LogP contribution in [0, 0.1) is 0 Å². The van der Waals surface area contributed by atoms with Gasteiger partial charge in [-0.25, -0.2) is 9.97 Å². The van der Waals surface area contributed by atoms with E-state index in [1.165, 1.54) is 81.7 Å². The third-order valence-electron chi connectivity index (χ3n) is 13.1. The molecule has 2 aromatic heterocycles. The van der Waals surface area contributed by atoms with Gasteiger partial charge in [0, 0.05) is 11.3 Å². The van der Waals surface area contributed by atoms with Gasteiger partial charge >= 0.3 is 0 Å². The summed E-state index contributed by atoms with van der Waals surface area (Å²) in [7, 11) is 0. The van der Waals surface area contributed by atoms with Gasteiger partial charge in [-0.3, -0.25) is 0 Å². The monoisotopic (exact) mass is 751 g/mol. The smallest absolute Gasteiger partial charge is 0.160 e. The van der Waals surface area contributed by atoms with Gasteiger partial charge in [0.25, 0.3) is 0 Å². The second kappa shape index (κ2) is 12.6.